The van der Waals surface area contributed by atoms with Crippen molar-refractivity contribution in [3.63, 3.8) is 0 Å². The van der Waals surface area contributed by atoms with E-state index >= 15 is 0 Å². The lowest BCUT2D eigenvalue weighted by Gasteiger charge is -2.04. The first-order valence-electron chi connectivity index (χ1n) is 3.32. The first-order valence-corrected chi connectivity index (χ1v) is 4.55. The number of hydrogen-bond acceptors (Lipinski definition) is 3. The molecule has 0 bridgehead atoms. The van der Waals surface area contributed by atoms with Gasteiger partial charge in [0.15, 0.2) is 0 Å². The summed E-state index contributed by atoms with van der Waals surface area (Å²) in [5, 5.41) is 12.2. The number of hydrogen-bond donors (Lipinski definition) is 2. The van der Waals surface area contributed by atoms with Crippen LogP contribution in [0, 0.1) is 0 Å². The molecule has 0 amide bonds. The highest BCUT2D eigenvalue weighted by molar-refractivity contribution is 7.98. The van der Waals surface area contributed by atoms with Gasteiger partial charge in [-0.1, -0.05) is 0 Å². The van der Waals surface area contributed by atoms with Crippen LogP contribution < -0.4 is 5.32 Å². The largest absolute Gasteiger partial charge is 0.506 e. The van der Waals surface area contributed by atoms with Crippen LogP contribution >= 0.6 is 11.8 Å². The number of thioether (sulfide) groups is 1. The van der Waals surface area contributed by atoms with Crippen molar-refractivity contribution in [2.24, 2.45) is 0 Å². The van der Waals surface area contributed by atoms with E-state index in [1.165, 1.54) is 0 Å². The minimum absolute atomic E-state index is 0.297. The van der Waals surface area contributed by atoms with Gasteiger partial charge in [-0.3, -0.25) is 0 Å². The lowest BCUT2D eigenvalue weighted by molar-refractivity contribution is 0.477. The van der Waals surface area contributed by atoms with Crippen LogP contribution in [0.1, 0.15) is 0 Å². The molecule has 2 nitrogen and oxygen atoms in total. The summed E-state index contributed by atoms with van der Waals surface area (Å²) in [6, 6.07) is 5.50. The molecule has 0 fully saturated rings. The number of rotatable bonds is 2. The number of benzene rings is 1. The van der Waals surface area contributed by atoms with Crippen molar-refractivity contribution in [3.05, 3.63) is 18.2 Å². The summed E-state index contributed by atoms with van der Waals surface area (Å²) >= 11 is 1.66. The van der Waals surface area contributed by atoms with Gasteiger partial charge in [-0.2, -0.15) is 0 Å². The molecule has 0 atom stereocenters. The first kappa shape index (κ1) is 8.27. The lowest BCUT2D eigenvalue weighted by atomic mass is 10.3. The molecule has 3 heteroatoms. The molecule has 0 saturated heterocycles. The van der Waals surface area contributed by atoms with Gasteiger partial charge in [-0.25, -0.2) is 0 Å². The lowest BCUT2D eigenvalue weighted by Crippen LogP contribution is -1.88. The minimum atomic E-state index is 0.297. The first-order chi connectivity index (χ1) is 5.27. The average molecular weight is 169 g/mol. The van der Waals surface area contributed by atoms with Crippen LogP contribution in [0.2, 0.25) is 0 Å². The second kappa shape index (κ2) is 3.53. The van der Waals surface area contributed by atoms with Crippen LogP contribution in [0.4, 0.5) is 5.69 Å². The molecule has 0 aromatic heterocycles. The highest BCUT2D eigenvalue weighted by Crippen LogP contribution is 2.27. The molecule has 0 saturated carbocycles. The van der Waals surface area contributed by atoms with E-state index in [1.807, 2.05) is 18.4 Å². The second-order valence-corrected chi connectivity index (χ2v) is 3.01. The normalized spacial score (nSPS) is 9.64. The summed E-state index contributed by atoms with van der Waals surface area (Å²) in [6.45, 7) is 0. The van der Waals surface area contributed by atoms with Gasteiger partial charge in [-0.15, -0.1) is 11.8 Å². The summed E-state index contributed by atoms with van der Waals surface area (Å²) in [7, 11) is 1.79. The Hall–Kier alpha value is -0.830. The van der Waals surface area contributed by atoms with Gasteiger partial charge in [0.25, 0.3) is 0 Å². The van der Waals surface area contributed by atoms with E-state index in [-0.39, 0.29) is 0 Å². The Balaban J connectivity index is 3.02. The maximum atomic E-state index is 9.26. The SMILES string of the molecule is CNc1cc(SC)ccc1O. The molecule has 2 N–H and O–H groups in total. The Kier molecular flexibility index (Phi) is 2.65. The van der Waals surface area contributed by atoms with Crippen molar-refractivity contribution >= 4 is 17.4 Å². The van der Waals surface area contributed by atoms with E-state index < -0.39 is 0 Å². The third-order valence-corrected chi connectivity index (χ3v) is 2.20. The van der Waals surface area contributed by atoms with Crippen LogP contribution in [0.3, 0.4) is 0 Å². The zero-order chi connectivity index (χ0) is 8.27. The molecule has 0 aliphatic rings. The van der Waals surface area contributed by atoms with E-state index in [0.717, 1.165) is 10.6 Å². The Morgan fingerprint density at radius 2 is 2.18 bits per heavy atom. The van der Waals surface area contributed by atoms with Gasteiger partial charge in [0.2, 0.25) is 0 Å². The smallest absolute Gasteiger partial charge is 0.138 e. The number of aromatic hydroxyl groups is 1. The predicted molar refractivity (Wildman–Crippen MR) is 49.4 cm³/mol. The summed E-state index contributed by atoms with van der Waals surface area (Å²) in [5.74, 6) is 0.297. The molecule has 0 unspecified atom stereocenters. The second-order valence-electron chi connectivity index (χ2n) is 2.13. The van der Waals surface area contributed by atoms with Crippen LogP contribution in [-0.2, 0) is 0 Å². The zero-order valence-electron chi connectivity index (χ0n) is 6.59. The number of phenols is 1. The molecule has 11 heavy (non-hydrogen) atoms. The number of nitrogens with one attached hydrogen (secondary N) is 1. The average Bonchev–Trinajstić information content (AvgIpc) is 2.05. The Labute approximate surface area is 70.6 Å². The van der Waals surface area contributed by atoms with Gasteiger partial charge in [0, 0.05) is 11.9 Å². The molecule has 0 radical (unpaired) electrons. The van der Waals surface area contributed by atoms with Crippen LogP contribution in [0.25, 0.3) is 0 Å². The molecule has 0 aliphatic carbocycles. The molecular formula is C8H11NOS. The highest BCUT2D eigenvalue weighted by atomic mass is 32.2. The van der Waals surface area contributed by atoms with Crippen LogP contribution in [0.5, 0.6) is 5.75 Å². The molecule has 0 heterocycles. The fourth-order valence-corrected chi connectivity index (χ4v) is 1.28. The number of anilines is 1. The third-order valence-electron chi connectivity index (χ3n) is 1.47. The Morgan fingerprint density at radius 1 is 1.45 bits per heavy atom. The molecule has 1 rings (SSSR count). The van der Waals surface area contributed by atoms with Crippen molar-refractivity contribution in [2.45, 2.75) is 4.90 Å². The maximum absolute atomic E-state index is 9.26. The maximum Gasteiger partial charge on any atom is 0.138 e. The van der Waals surface area contributed by atoms with Gasteiger partial charge < -0.3 is 10.4 Å². The quantitative estimate of drug-likeness (QED) is 0.525. The molecule has 1 aromatic rings. The third kappa shape index (κ3) is 1.80. The van der Waals surface area contributed by atoms with Crippen molar-refractivity contribution in [2.75, 3.05) is 18.6 Å². The van der Waals surface area contributed by atoms with E-state index in [1.54, 1.807) is 24.9 Å². The van der Waals surface area contributed by atoms with Crippen LogP contribution in [0.15, 0.2) is 23.1 Å². The van der Waals surface area contributed by atoms with Gasteiger partial charge >= 0.3 is 0 Å². The summed E-state index contributed by atoms with van der Waals surface area (Å²) in [6.07, 6.45) is 2.01. The van der Waals surface area contributed by atoms with E-state index in [9.17, 15) is 5.11 Å². The highest BCUT2D eigenvalue weighted by Gasteiger charge is 1.98. The van der Waals surface area contributed by atoms with Gasteiger partial charge in [-0.05, 0) is 24.5 Å². The molecule has 1 aromatic carbocycles. The topological polar surface area (TPSA) is 32.3 Å². The molecule has 60 valence electrons. The molecule has 0 spiro atoms. The van der Waals surface area contributed by atoms with Crippen molar-refractivity contribution in [1.29, 1.82) is 0 Å². The molecule has 0 aliphatic heterocycles. The van der Waals surface area contributed by atoms with Crippen LogP contribution in [-0.4, -0.2) is 18.4 Å². The summed E-state index contributed by atoms with van der Waals surface area (Å²) in [4.78, 5) is 1.15. The fraction of sp³-hybridized carbons (Fsp3) is 0.250. The van der Waals surface area contributed by atoms with E-state index in [0.29, 0.717) is 5.75 Å². The standard InChI is InChI=1S/C8H11NOS/c1-9-7-5-6(11-2)3-4-8(7)10/h3-5,9-10H,1-2H3. The monoisotopic (exact) mass is 169 g/mol. The number of phenolic OH excluding ortho intramolecular Hbond substituents is 1. The summed E-state index contributed by atoms with van der Waals surface area (Å²) in [5.41, 5.74) is 0.775. The minimum Gasteiger partial charge on any atom is -0.506 e. The van der Waals surface area contributed by atoms with E-state index in [4.69, 9.17) is 0 Å². The Bertz CT molecular complexity index is 250. The van der Waals surface area contributed by atoms with Gasteiger partial charge in [0.05, 0.1) is 5.69 Å². The van der Waals surface area contributed by atoms with Crippen molar-refractivity contribution < 1.29 is 5.11 Å². The van der Waals surface area contributed by atoms with Crippen molar-refractivity contribution in [3.8, 4) is 5.75 Å². The van der Waals surface area contributed by atoms with Gasteiger partial charge in [0.1, 0.15) is 5.75 Å². The molecular weight excluding hydrogens is 158 g/mol. The summed E-state index contributed by atoms with van der Waals surface area (Å²) < 4.78 is 0. The Morgan fingerprint density at radius 3 is 2.73 bits per heavy atom. The zero-order valence-corrected chi connectivity index (χ0v) is 7.40. The fourth-order valence-electron chi connectivity index (χ4n) is 0.842. The van der Waals surface area contributed by atoms with Crippen molar-refractivity contribution in [1.82, 2.24) is 0 Å². The van der Waals surface area contributed by atoms with E-state index in [2.05, 4.69) is 5.32 Å². The predicted octanol–water partition coefficient (Wildman–Crippen LogP) is 2.16.